The monoisotopic (exact) mass is 480 g/mol. The second-order valence-corrected chi connectivity index (χ2v) is 9.46. The first kappa shape index (κ1) is 23.2. The molecule has 4 rings (SSSR count). The van der Waals surface area contributed by atoms with Crippen molar-refractivity contribution in [2.24, 2.45) is 0 Å². The summed E-state index contributed by atoms with van der Waals surface area (Å²) in [6.07, 6.45) is 3.33. The van der Waals surface area contributed by atoms with Crippen LogP contribution in [0.3, 0.4) is 0 Å². The molecule has 0 saturated carbocycles. The molecule has 0 radical (unpaired) electrons. The quantitative estimate of drug-likeness (QED) is 0.313. The molecule has 1 N–H and O–H groups in total. The molecule has 1 aliphatic heterocycles. The number of ether oxygens (including phenoxy) is 1. The SMILES string of the molecule is COCCNc1nc2ccc(C)cn2c(=O)c1C=C1SC(=S)N(Cc2ccc(C)cc2)C1=O. The average molecular weight is 481 g/mol. The highest BCUT2D eigenvalue weighted by atomic mass is 32.2. The fourth-order valence-corrected chi connectivity index (χ4v) is 4.68. The number of hydrogen-bond donors (Lipinski definition) is 1. The van der Waals surface area contributed by atoms with Gasteiger partial charge in [0.15, 0.2) is 0 Å². The molecule has 2 aromatic heterocycles. The third kappa shape index (κ3) is 5.00. The van der Waals surface area contributed by atoms with E-state index in [9.17, 15) is 9.59 Å². The molecule has 1 fully saturated rings. The Kier molecular flexibility index (Phi) is 6.92. The number of aromatic nitrogens is 2. The van der Waals surface area contributed by atoms with Crippen molar-refractivity contribution in [1.82, 2.24) is 14.3 Å². The molecule has 1 aromatic carbocycles. The fourth-order valence-electron chi connectivity index (χ4n) is 3.44. The number of methoxy groups -OCH3 is 1. The molecule has 1 amide bonds. The molecule has 170 valence electrons. The van der Waals surface area contributed by atoms with Crippen LogP contribution in [0.2, 0.25) is 0 Å². The van der Waals surface area contributed by atoms with Crippen molar-refractivity contribution in [3.8, 4) is 0 Å². The van der Waals surface area contributed by atoms with Crippen molar-refractivity contribution in [2.75, 3.05) is 25.6 Å². The summed E-state index contributed by atoms with van der Waals surface area (Å²) in [6, 6.07) is 11.7. The molecular formula is C24H24N4O3S2. The van der Waals surface area contributed by atoms with E-state index in [4.69, 9.17) is 17.0 Å². The number of anilines is 1. The van der Waals surface area contributed by atoms with E-state index < -0.39 is 0 Å². The number of thioether (sulfide) groups is 1. The van der Waals surface area contributed by atoms with Crippen molar-refractivity contribution < 1.29 is 9.53 Å². The fraction of sp³-hybridized carbons (Fsp3) is 0.250. The number of fused-ring (bicyclic) bond motifs is 1. The first-order valence-electron chi connectivity index (χ1n) is 10.4. The lowest BCUT2D eigenvalue weighted by atomic mass is 10.1. The lowest BCUT2D eigenvalue weighted by Gasteiger charge is -2.14. The van der Waals surface area contributed by atoms with Gasteiger partial charge in [0.25, 0.3) is 11.5 Å². The van der Waals surface area contributed by atoms with Crippen LogP contribution in [0.4, 0.5) is 5.82 Å². The van der Waals surface area contributed by atoms with Gasteiger partial charge in [-0.1, -0.05) is 59.9 Å². The lowest BCUT2D eigenvalue weighted by molar-refractivity contribution is -0.122. The maximum absolute atomic E-state index is 13.4. The van der Waals surface area contributed by atoms with E-state index >= 15 is 0 Å². The van der Waals surface area contributed by atoms with Crippen LogP contribution in [-0.4, -0.2) is 44.8 Å². The Balaban J connectivity index is 1.72. The van der Waals surface area contributed by atoms with E-state index in [2.05, 4.69) is 10.3 Å². The van der Waals surface area contributed by atoms with Crippen LogP contribution in [-0.2, 0) is 16.1 Å². The first-order chi connectivity index (χ1) is 15.9. The second kappa shape index (κ2) is 9.86. The van der Waals surface area contributed by atoms with Crippen LogP contribution in [0, 0.1) is 13.8 Å². The van der Waals surface area contributed by atoms with Gasteiger partial charge >= 0.3 is 0 Å². The highest BCUT2D eigenvalue weighted by molar-refractivity contribution is 8.26. The number of aryl methyl sites for hydroxylation is 2. The van der Waals surface area contributed by atoms with Gasteiger partial charge in [-0.15, -0.1) is 0 Å². The van der Waals surface area contributed by atoms with Gasteiger partial charge in [-0.3, -0.25) is 18.9 Å². The van der Waals surface area contributed by atoms with Gasteiger partial charge in [0.1, 0.15) is 15.8 Å². The van der Waals surface area contributed by atoms with Gasteiger partial charge in [-0.2, -0.15) is 0 Å². The molecule has 1 aliphatic rings. The summed E-state index contributed by atoms with van der Waals surface area (Å²) in [4.78, 5) is 33.1. The predicted molar refractivity (Wildman–Crippen MR) is 136 cm³/mol. The Morgan fingerprint density at radius 3 is 2.58 bits per heavy atom. The standard InChI is InChI=1S/C24H24N4O3S2/c1-15-4-7-17(8-5-15)14-28-23(30)19(33-24(28)32)12-18-21(25-10-11-31-3)26-20-9-6-16(2)13-27(20)22(18)29/h4-9,12-13,25H,10-11,14H2,1-3H3. The van der Waals surface area contributed by atoms with Crippen LogP contribution in [0.15, 0.2) is 52.3 Å². The van der Waals surface area contributed by atoms with Crippen LogP contribution in [0.1, 0.15) is 22.3 Å². The van der Waals surface area contributed by atoms with E-state index in [1.807, 2.05) is 44.2 Å². The molecule has 0 atom stereocenters. The number of benzene rings is 1. The van der Waals surface area contributed by atoms with Gasteiger partial charge in [0.2, 0.25) is 0 Å². The van der Waals surface area contributed by atoms with Crippen molar-refractivity contribution in [3.05, 3.63) is 80.1 Å². The number of carbonyl (C=O) groups excluding carboxylic acids is 1. The highest BCUT2D eigenvalue weighted by Crippen LogP contribution is 2.34. The first-order valence-corrected chi connectivity index (χ1v) is 11.7. The number of amides is 1. The average Bonchev–Trinajstić information content (AvgIpc) is 3.05. The van der Waals surface area contributed by atoms with Gasteiger partial charge in [-0.05, 0) is 37.1 Å². The number of nitrogens with zero attached hydrogens (tertiary/aromatic N) is 3. The summed E-state index contributed by atoms with van der Waals surface area (Å²) in [7, 11) is 1.60. The van der Waals surface area contributed by atoms with Gasteiger partial charge in [0.05, 0.1) is 23.6 Å². The molecule has 3 heterocycles. The summed E-state index contributed by atoms with van der Waals surface area (Å²) in [5.74, 6) is 0.187. The zero-order valence-electron chi connectivity index (χ0n) is 18.6. The maximum Gasteiger partial charge on any atom is 0.267 e. The zero-order valence-corrected chi connectivity index (χ0v) is 20.3. The summed E-state index contributed by atoms with van der Waals surface area (Å²) in [5.41, 5.74) is 3.65. The number of carbonyl (C=O) groups is 1. The number of pyridine rings is 1. The van der Waals surface area contributed by atoms with Crippen molar-refractivity contribution in [2.45, 2.75) is 20.4 Å². The Bertz CT molecular complexity index is 1320. The lowest BCUT2D eigenvalue weighted by Crippen LogP contribution is -2.27. The molecule has 0 bridgehead atoms. The van der Waals surface area contributed by atoms with Crippen molar-refractivity contribution in [1.29, 1.82) is 0 Å². The van der Waals surface area contributed by atoms with E-state index in [0.29, 0.717) is 46.0 Å². The Morgan fingerprint density at radius 2 is 1.85 bits per heavy atom. The second-order valence-electron chi connectivity index (χ2n) is 7.79. The minimum Gasteiger partial charge on any atom is -0.383 e. The number of nitrogens with one attached hydrogen (secondary N) is 1. The van der Waals surface area contributed by atoms with Crippen molar-refractivity contribution in [3.63, 3.8) is 0 Å². The van der Waals surface area contributed by atoms with Gasteiger partial charge in [-0.25, -0.2) is 4.98 Å². The van der Waals surface area contributed by atoms with Crippen LogP contribution in [0.5, 0.6) is 0 Å². The normalized spacial score (nSPS) is 15.1. The third-order valence-electron chi connectivity index (χ3n) is 5.21. The molecule has 1 saturated heterocycles. The molecule has 0 aliphatic carbocycles. The molecule has 0 spiro atoms. The molecule has 7 nitrogen and oxygen atoms in total. The van der Waals surface area contributed by atoms with Crippen LogP contribution >= 0.6 is 24.0 Å². The molecule has 0 unspecified atom stereocenters. The van der Waals surface area contributed by atoms with E-state index in [-0.39, 0.29) is 11.5 Å². The molecule has 9 heteroatoms. The summed E-state index contributed by atoms with van der Waals surface area (Å²) in [6.45, 7) is 5.23. The van der Waals surface area contributed by atoms with Crippen LogP contribution < -0.4 is 10.9 Å². The third-order valence-corrected chi connectivity index (χ3v) is 6.59. The molecule has 3 aromatic rings. The van der Waals surface area contributed by atoms with Crippen molar-refractivity contribution >= 4 is 51.7 Å². The van der Waals surface area contributed by atoms with Gasteiger partial charge < -0.3 is 10.1 Å². The topological polar surface area (TPSA) is 75.9 Å². The number of thiocarbonyl (C=S) groups is 1. The van der Waals surface area contributed by atoms with Crippen LogP contribution in [0.25, 0.3) is 11.7 Å². The largest absolute Gasteiger partial charge is 0.383 e. The minimum atomic E-state index is -0.257. The molecular weight excluding hydrogens is 456 g/mol. The summed E-state index contributed by atoms with van der Waals surface area (Å²) in [5, 5.41) is 3.16. The zero-order chi connectivity index (χ0) is 23.5. The van der Waals surface area contributed by atoms with Gasteiger partial charge in [0, 0.05) is 19.9 Å². The van der Waals surface area contributed by atoms with E-state index in [0.717, 1.165) is 16.7 Å². The number of hydrogen-bond acceptors (Lipinski definition) is 7. The molecule has 33 heavy (non-hydrogen) atoms. The summed E-state index contributed by atoms with van der Waals surface area (Å²) < 4.78 is 7.07. The number of rotatable bonds is 7. The predicted octanol–water partition coefficient (Wildman–Crippen LogP) is 3.77. The van der Waals surface area contributed by atoms with E-state index in [1.54, 1.807) is 30.3 Å². The Morgan fingerprint density at radius 1 is 1.12 bits per heavy atom. The highest BCUT2D eigenvalue weighted by Gasteiger charge is 2.32. The minimum absolute atomic E-state index is 0.220. The maximum atomic E-state index is 13.4. The Labute approximate surface area is 201 Å². The summed E-state index contributed by atoms with van der Waals surface area (Å²) >= 11 is 6.67. The van der Waals surface area contributed by atoms with E-state index in [1.165, 1.54) is 16.2 Å². The Hall–Kier alpha value is -3.01. The smallest absolute Gasteiger partial charge is 0.267 e.